The molecular weight excluding hydrogens is 236 g/mol. The van der Waals surface area contributed by atoms with Crippen LogP contribution in [-0.2, 0) is 0 Å². The van der Waals surface area contributed by atoms with Gasteiger partial charge in [0, 0.05) is 17.5 Å². The van der Waals surface area contributed by atoms with Gasteiger partial charge in [-0.3, -0.25) is 4.98 Å². The van der Waals surface area contributed by atoms with Gasteiger partial charge >= 0.3 is 0 Å². The minimum Gasteiger partial charge on any atom is -0.496 e. The molecule has 0 aliphatic heterocycles. The Morgan fingerprint density at radius 3 is 2.58 bits per heavy atom. The van der Waals surface area contributed by atoms with Crippen molar-refractivity contribution in [3.63, 3.8) is 0 Å². The average Bonchev–Trinajstić information content (AvgIpc) is 2.37. The molecule has 2 N–H and O–H groups in total. The minimum atomic E-state index is -0.218. The van der Waals surface area contributed by atoms with Crippen molar-refractivity contribution in [2.45, 2.75) is 26.8 Å². The predicted octanol–water partition coefficient (Wildman–Crippen LogP) is 3.06. The number of aryl methyl sites for hydroxylation is 3. The van der Waals surface area contributed by atoms with Crippen molar-refractivity contribution in [1.82, 2.24) is 4.98 Å². The van der Waals surface area contributed by atoms with E-state index in [1.165, 1.54) is 5.56 Å². The van der Waals surface area contributed by atoms with Gasteiger partial charge in [-0.25, -0.2) is 0 Å². The molecule has 0 bridgehead atoms. The Morgan fingerprint density at radius 1 is 1.21 bits per heavy atom. The molecule has 0 aliphatic carbocycles. The van der Waals surface area contributed by atoms with E-state index >= 15 is 0 Å². The number of aromatic nitrogens is 1. The highest BCUT2D eigenvalue weighted by atomic mass is 16.5. The van der Waals surface area contributed by atoms with Crippen LogP contribution in [0.4, 0.5) is 0 Å². The molecule has 0 radical (unpaired) electrons. The first-order valence-electron chi connectivity index (χ1n) is 6.36. The normalized spacial score (nSPS) is 12.3. The molecule has 0 saturated carbocycles. The summed E-state index contributed by atoms with van der Waals surface area (Å²) in [7, 11) is 1.68. The summed E-state index contributed by atoms with van der Waals surface area (Å²) in [6, 6.07) is 7.87. The van der Waals surface area contributed by atoms with Gasteiger partial charge in [-0.1, -0.05) is 12.1 Å². The van der Waals surface area contributed by atoms with Crippen LogP contribution in [0.3, 0.4) is 0 Å². The molecule has 2 aromatic rings. The number of hydrogen-bond acceptors (Lipinski definition) is 3. The molecule has 2 rings (SSSR count). The number of hydrogen-bond donors (Lipinski definition) is 1. The summed E-state index contributed by atoms with van der Waals surface area (Å²) >= 11 is 0. The molecule has 1 aromatic heterocycles. The van der Waals surface area contributed by atoms with Crippen LogP contribution in [0.25, 0.3) is 0 Å². The summed E-state index contributed by atoms with van der Waals surface area (Å²) in [6.07, 6.45) is 1.78. The highest BCUT2D eigenvalue weighted by Crippen LogP contribution is 2.33. The topological polar surface area (TPSA) is 48.1 Å². The monoisotopic (exact) mass is 256 g/mol. The number of rotatable bonds is 3. The first-order chi connectivity index (χ1) is 9.04. The molecule has 0 fully saturated rings. The molecular formula is C16H20N2O. The number of nitrogens with zero attached hydrogens (tertiary/aromatic N) is 1. The van der Waals surface area contributed by atoms with Crippen LogP contribution in [0.1, 0.15) is 34.0 Å². The van der Waals surface area contributed by atoms with E-state index < -0.39 is 0 Å². The molecule has 1 unspecified atom stereocenters. The Hall–Kier alpha value is -1.87. The lowest BCUT2D eigenvalue weighted by molar-refractivity contribution is 0.407. The number of pyridine rings is 1. The van der Waals surface area contributed by atoms with Gasteiger partial charge in [0.25, 0.3) is 0 Å². The van der Waals surface area contributed by atoms with Gasteiger partial charge < -0.3 is 10.5 Å². The van der Waals surface area contributed by atoms with Gasteiger partial charge in [0.2, 0.25) is 0 Å². The van der Waals surface area contributed by atoms with E-state index in [1.807, 2.05) is 25.1 Å². The van der Waals surface area contributed by atoms with Crippen LogP contribution in [0.15, 0.2) is 30.5 Å². The van der Waals surface area contributed by atoms with Gasteiger partial charge in [-0.2, -0.15) is 0 Å². The predicted molar refractivity (Wildman–Crippen MR) is 77.5 cm³/mol. The highest BCUT2D eigenvalue weighted by Gasteiger charge is 2.18. The summed E-state index contributed by atoms with van der Waals surface area (Å²) in [5.74, 6) is 0.841. The fourth-order valence-corrected chi connectivity index (χ4v) is 2.49. The molecule has 1 atom stereocenters. The summed E-state index contributed by atoms with van der Waals surface area (Å²) in [6.45, 7) is 6.10. The molecule has 0 saturated heterocycles. The molecule has 100 valence electrons. The Kier molecular flexibility index (Phi) is 3.86. The maximum Gasteiger partial charge on any atom is 0.124 e. The van der Waals surface area contributed by atoms with Crippen molar-refractivity contribution in [3.05, 3.63) is 58.4 Å². The second kappa shape index (κ2) is 5.41. The largest absolute Gasteiger partial charge is 0.496 e. The fourth-order valence-electron chi connectivity index (χ4n) is 2.49. The van der Waals surface area contributed by atoms with E-state index in [-0.39, 0.29) is 6.04 Å². The lowest BCUT2D eigenvalue weighted by Crippen LogP contribution is -2.16. The maximum atomic E-state index is 6.42. The summed E-state index contributed by atoms with van der Waals surface area (Å²) < 4.78 is 5.49. The van der Waals surface area contributed by atoms with Gasteiger partial charge in [-0.05, 0) is 49.6 Å². The quantitative estimate of drug-likeness (QED) is 0.918. The van der Waals surface area contributed by atoms with Gasteiger partial charge in [0.05, 0.1) is 13.2 Å². The minimum absolute atomic E-state index is 0.218. The first-order valence-corrected chi connectivity index (χ1v) is 6.36. The van der Waals surface area contributed by atoms with E-state index in [4.69, 9.17) is 10.5 Å². The zero-order valence-corrected chi connectivity index (χ0v) is 11.9. The molecule has 0 amide bonds. The standard InChI is InChI=1S/C16H20N2O/c1-10-8-11(2)15(14(9-10)19-4)16(17)13-6-5-7-18-12(13)3/h5-9,16H,17H2,1-4H3. The molecule has 3 heteroatoms. The van der Waals surface area contributed by atoms with Crippen LogP contribution in [0, 0.1) is 20.8 Å². The highest BCUT2D eigenvalue weighted by molar-refractivity contribution is 5.48. The second-order valence-electron chi connectivity index (χ2n) is 4.85. The molecule has 0 aliphatic rings. The van der Waals surface area contributed by atoms with E-state index in [2.05, 4.69) is 24.9 Å². The van der Waals surface area contributed by atoms with Gasteiger partial charge in [0.15, 0.2) is 0 Å². The smallest absolute Gasteiger partial charge is 0.124 e. The number of benzene rings is 1. The molecule has 1 aromatic carbocycles. The van der Waals surface area contributed by atoms with E-state index in [0.29, 0.717) is 0 Å². The average molecular weight is 256 g/mol. The third-order valence-electron chi connectivity index (χ3n) is 3.41. The van der Waals surface area contributed by atoms with Crippen molar-refractivity contribution in [2.24, 2.45) is 5.73 Å². The van der Waals surface area contributed by atoms with Crippen LogP contribution < -0.4 is 10.5 Å². The number of ether oxygens (including phenoxy) is 1. The van der Waals surface area contributed by atoms with Crippen LogP contribution >= 0.6 is 0 Å². The third-order valence-corrected chi connectivity index (χ3v) is 3.41. The molecule has 3 nitrogen and oxygen atoms in total. The third kappa shape index (κ3) is 2.61. The molecule has 19 heavy (non-hydrogen) atoms. The van der Waals surface area contributed by atoms with Crippen LogP contribution in [-0.4, -0.2) is 12.1 Å². The number of nitrogens with two attached hydrogens (primary N) is 1. The van der Waals surface area contributed by atoms with E-state index in [9.17, 15) is 0 Å². The van der Waals surface area contributed by atoms with Crippen molar-refractivity contribution >= 4 is 0 Å². The van der Waals surface area contributed by atoms with Gasteiger partial charge in [-0.15, -0.1) is 0 Å². The Balaban J connectivity index is 2.56. The van der Waals surface area contributed by atoms with Gasteiger partial charge in [0.1, 0.15) is 5.75 Å². The van der Waals surface area contributed by atoms with Crippen molar-refractivity contribution < 1.29 is 4.74 Å². The second-order valence-corrected chi connectivity index (χ2v) is 4.85. The van der Waals surface area contributed by atoms with Crippen molar-refractivity contribution in [1.29, 1.82) is 0 Å². The molecule has 0 spiro atoms. The first kappa shape index (κ1) is 13.6. The van der Waals surface area contributed by atoms with E-state index in [1.54, 1.807) is 13.3 Å². The summed E-state index contributed by atoms with van der Waals surface area (Å²) in [5, 5.41) is 0. The Morgan fingerprint density at radius 2 is 1.95 bits per heavy atom. The van der Waals surface area contributed by atoms with Crippen LogP contribution in [0.2, 0.25) is 0 Å². The fraction of sp³-hybridized carbons (Fsp3) is 0.312. The number of methoxy groups -OCH3 is 1. The lowest BCUT2D eigenvalue weighted by atomic mass is 9.93. The van der Waals surface area contributed by atoms with E-state index in [0.717, 1.165) is 28.1 Å². The SMILES string of the molecule is COc1cc(C)cc(C)c1C(N)c1cccnc1C. The van der Waals surface area contributed by atoms with Crippen LogP contribution in [0.5, 0.6) is 5.75 Å². The molecule has 1 heterocycles. The zero-order chi connectivity index (χ0) is 14.0. The Labute approximate surface area is 114 Å². The lowest BCUT2D eigenvalue weighted by Gasteiger charge is -2.20. The zero-order valence-electron chi connectivity index (χ0n) is 11.9. The summed E-state index contributed by atoms with van der Waals surface area (Å²) in [5.41, 5.74) is 11.8. The van der Waals surface area contributed by atoms with Crippen molar-refractivity contribution in [2.75, 3.05) is 7.11 Å². The van der Waals surface area contributed by atoms with Crippen molar-refractivity contribution in [3.8, 4) is 5.75 Å². The Bertz CT molecular complexity index is 593. The summed E-state index contributed by atoms with van der Waals surface area (Å²) in [4.78, 5) is 4.31. The maximum absolute atomic E-state index is 6.42.